The second-order valence-corrected chi connectivity index (χ2v) is 3.90. The zero-order valence-electron chi connectivity index (χ0n) is 7.57. The minimum atomic E-state index is -0.0347. The predicted molar refractivity (Wildman–Crippen MR) is 46.0 cm³/mol. The fourth-order valence-corrected chi connectivity index (χ4v) is 2.49. The Balaban J connectivity index is 1.80. The van der Waals surface area contributed by atoms with Gasteiger partial charge in [0.05, 0.1) is 12.7 Å². The van der Waals surface area contributed by atoms with Crippen molar-refractivity contribution in [3.8, 4) is 0 Å². The standard InChI is InChI=1S/C9H17NO2/c1-12-3-2-10-7-4-8(10)6-9(11)5-7/h7-9,11H,2-6H2,1H3. The number of piperidine rings is 1. The first kappa shape index (κ1) is 8.48. The number of aliphatic hydroxyl groups is 1. The summed E-state index contributed by atoms with van der Waals surface area (Å²) in [6, 6.07) is 1.29. The van der Waals surface area contributed by atoms with Gasteiger partial charge in [0.15, 0.2) is 0 Å². The molecular weight excluding hydrogens is 154 g/mol. The molecule has 2 saturated heterocycles. The third-order valence-electron chi connectivity index (χ3n) is 3.12. The van der Waals surface area contributed by atoms with Gasteiger partial charge in [0.2, 0.25) is 0 Å². The predicted octanol–water partition coefficient (Wildman–Crippen LogP) is 0.230. The molecule has 3 nitrogen and oxygen atoms in total. The number of ether oxygens (including phenoxy) is 1. The first-order chi connectivity index (χ1) is 5.81. The SMILES string of the molecule is COCCN1C2CC(O)CC1C2. The Morgan fingerprint density at radius 1 is 1.33 bits per heavy atom. The largest absolute Gasteiger partial charge is 0.393 e. The smallest absolute Gasteiger partial charge is 0.0589 e. The molecule has 2 heterocycles. The molecule has 1 saturated carbocycles. The maximum absolute atomic E-state index is 9.40. The van der Waals surface area contributed by atoms with Gasteiger partial charge in [-0.05, 0) is 19.3 Å². The molecule has 3 fully saturated rings. The molecule has 2 atom stereocenters. The molecule has 0 amide bonds. The highest BCUT2D eigenvalue weighted by Crippen LogP contribution is 2.37. The van der Waals surface area contributed by atoms with Crippen LogP contribution in [0.1, 0.15) is 19.3 Å². The normalized spacial score (nSPS) is 41.0. The Kier molecular flexibility index (Phi) is 2.35. The number of nitrogens with zero attached hydrogens (tertiary/aromatic N) is 1. The highest BCUT2D eigenvalue weighted by atomic mass is 16.5. The third-order valence-corrected chi connectivity index (χ3v) is 3.12. The van der Waals surface area contributed by atoms with Crippen molar-refractivity contribution in [3.63, 3.8) is 0 Å². The molecule has 1 aliphatic carbocycles. The monoisotopic (exact) mass is 171 g/mol. The summed E-state index contributed by atoms with van der Waals surface area (Å²) in [4.78, 5) is 2.47. The lowest BCUT2D eigenvalue weighted by molar-refractivity contribution is -0.0881. The Labute approximate surface area is 73.3 Å². The van der Waals surface area contributed by atoms with Gasteiger partial charge in [-0.25, -0.2) is 0 Å². The number of hydrogen-bond acceptors (Lipinski definition) is 3. The van der Waals surface area contributed by atoms with Gasteiger partial charge in [-0.2, -0.15) is 0 Å². The number of fused-ring (bicyclic) bond motifs is 2. The molecule has 0 aromatic rings. The van der Waals surface area contributed by atoms with E-state index in [0.29, 0.717) is 12.1 Å². The fourth-order valence-electron chi connectivity index (χ4n) is 2.49. The molecule has 0 spiro atoms. The van der Waals surface area contributed by atoms with E-state index in [1.54, 1.807) is 7.11 Å². The number of aliphatic hydroxyl groups excluding tert-OH is 1. The maximum Gasteiger partial charge on any atom is 0.0589 e. The van der Waals surface area contributed by atoms with Gasteiger partial charge in [0, 0.05) is 25.7 Å². The van der Waals surface area contributed by atoms with Crippen molar-refractivity contribution in [2.24, 2.45) is 0 Å². The summed E-state index contributed by atoms with van der Waals surface area (Å²) in [5.74, 6) is 0. The van der Waals surface area contributed by atoms with Gasteiger partial charge >= 0.3 is 0 Å². The van der Waals surface area contributed by atoms with E-state index in [9.17, 15) is 5.11 Å². The van der Waals surface area contributed by atoms with Crippen LogP contribution in [0.3, 0.4) is 0 Å². The molecule has 0 aromatic heterocycles. The average Bonchev–Trinajstić information content (AvgIpc) is 2.04. The van der Waals surface area contributed by atoms with Crippen LogP contribution in [0.15, 0.2) is 0 Å². The van der Waals surface area contributed by atoms with Crippen LogP contribution in [0, 0.1) is 0 Å². The molecule has 2 unspecified atom stereocenters. The highest BCUT2D eigenvalue weighted by molar-refractivity contribution is 4.99. The number of rotatable bonds is 3. The zero-order chi connectivity index (χ0) is 8.55. The van der Waals surface area contributed by atoms with Gasteiger partial charge in [-0.1, -0.05) is 0 Å². The molecule has 12 heavy (non-hydrogen) atoms. The van der Waals surface area contributed by atoms with Crippen molar-refractivity contribution in [1.82, 2.24) is 4.90 Å². The summed E-state index contributed by atoms with van der Waals surface area (Å²) < 4.78 is 5.04. The molecule has 0 radical (unpaired) electrons. The summed E-state index contributed by atoms with van der Waals surface area (Å²) in [5, 5.41) is 9.40. The van der Waals surface area contributed by atoms with Crippen molar-refractivity contribution in [3.05, 3.63) is 0 Å². The van der Waals surface area contributed by atoms with E-state index in [0.717, 1.165) is 26.0 Å². The summed E-state index contributed by atoms with van der Waals surface area (Å²) in [6.07, 6.45) is 3.20. The van der Waals surface area contributed by atoms with E-state index in [2.05, 4.69) is 4.90 Å². The van der Waals surface area contributed by atoms with Crippen molar-refractivity contribution < 1.29 is 9.84 Å². The summed E-state index contributed by atoms with van der Waals surface area (Å²) in [5.41, 5.74) is 0. The van der Waals surface area contributed by atoms with E-state index in [4.69, 9.17) is 4.74 Å². The van der Waals surface area contributed by atoms with Gasteiger partial charge < -0.3 is 9.84 Å². The first-order valence-corrected chi connectivity index (χ1v) is 4.74. The first-order valence-electron chi connectivity index (χ1n) is 4.74. The van der Waals surface area contributed by atoms with Gasteiger partial charge in [-0.15, -0.1) is 0 Å². The summed E-state index contributed by atoms with van der Waals surface area (Å²) in [6.45, 7) is 1.86. The molecular formula is C9H17NO2. The van der Waals surface area contributed by atoms with Crippen LogP contribution in [0.4, 0.5) is 0 Å². The second-order valence-electron chi connectivity index (χ2n) is 3.90. The quantitative estimate of drug-likeness (QED) is 0.660. The summed E-state index contributed by atoms with van der Waals surface area (Å²) >= 11 is 0. The lowest BCUT2D eigenvalue weighted by Gasteiger charge is -2.54. The van der Waals surface area contributed by atoms with Gasteiger partial charge in [0.1, 0.15) is 0 Å². The lowest BCUT2D eigenvalue weighted by atomic mass is 9.78. The van der Waals surface area contributed by atoms with Crippen molar-refractivity contribution in [2.45, 2.75) is 37.5 Å². The van der Waals surface area contributed by atoms with Crippen LogP contribution in [-0.2, 0) is 4.74 Å². The van der Waals surface area contributed by atoms with Crippen molar-refractivity contribution in [2.75, 3.05) is 20.3 Å². The number of hydrogen-bond donors (Lipinski definition) is 1. The topological polar surface area (TPSA) is 32.7 Å². The van der Waals surface area contributed by atoms with Crippen LogP contribution in [0.25, 0.3) is 0 Å². The summed E-state index contributed by atoms with van der Waals surface area (Å²) in [7, 11) is 1.74. The minimum absolute atomic E-state index is 0.0347. The molecule has 1 N–H and O–H groups in total. The van der Waals surface area contributed by atoms with E-state index in [1.165, 1.54) is 6.42 Å². The Hall–Kier alpha value is -0.120. The van der Waals surface area contributed by atoms with Gasteiger partial charge in [0.25, 0.3) is 0 Å². The second kappa shape index (κ2) is 3.32. The molecule has 2 bridgehead atoms. The van der Waals surface area contributed by atoms with Crippen molar-refractivity contribution >= 4 is 0 Å². The molecule has 3 heteroatoms. The Morgan fingerprint density at radius 3 is 2.58 bits per heavy atom. The van der Waals surface area contributed by atoms with Crippen LogP contribution in [0.5, 0.6) is 0 Å². The fraction of sp³-hybridized carbons (Fsp3) is 1.00. The zero-order valence-corrected chi connectivity index (χ0v) is 7.57. The Bertz CT molecular complexity index is 151. The van der Waals surface area contributed by atoms with Crippen LogP contribution >= 0.6 is 0 Å². The average molecular weight is 171 g/mol. The van der Waals surface area contributed by atoms with E-state index in [1.807, 2.05) is 0 Å². The van der Waals surface area contributed by atoms with Crippen molar-refractivity contribution in [1.29, 1.82) is 0 Å². The molecule has 3 rings (SSSR count). The maximum atomic E-state index is 9.40. The van der Waals surface area contributed by atoms with Crippen LogP contribution in [-0.4, -0.2) is 48.5 Å². The molecule has 0 aromatic carbocycles. The molecule has 70 valence electrons. The highest BCUT2D eigenvalue weighted by Gasteiger charge is 2.44. The van der Waals surface area contributed by atoms with E-state index < -0.39 is 0 Å². The van der Waals surface area contributed by atoms with Crippen LogP contribution in [0.2, 0.25) is 0 Å². The van der Waals surface area contributed by atoms with Crippen LogP contribution < -0.4 is 0 Å². The van der Waals surface area contributed by atoms with Gasteiger partial charge in [-0.3, -0.25) is 4.90 Å². The minimum Gasteiger partial charge on any atom is -0.393 e. The van der Waals surface area contributed by atoms with E-state index in [-0.39, 0.29) is 6.10 Å². The molecule has 3 aliphatic rings. The lowest BCUT2D eigenvalue weighted by Crippen LogP contribution is -2.62. The third kappa shape index (κ3) is 1.37. The van der Waals surface area contributed by atoms with E-state index >= 15 is 0 Å². The molecule has 2 aliphatic heterocycles. The number of methoxy groups -OCH3 is 1. The Morgan fingerprint density at radius 2 is 2.00 bits per heavy atom.